The fourth-order valence-corrected chi connectivity index (χ4v) is 2.37. The maximum atomic E-state index is 12.2. The van der Waals surface area contributed by atoms with Gasteiger partial charge in [-0.1, -0.05) is 35.9 Å². The molecule has 0 spiro atoms. The molecule has 1 saturated heterocycles. The zero-order chi connectivity index (χ0) is 15.4. The molecule has 2 amide bonds. The second kappa shape index (κ2) is 6.54. The largest absolute Gasteiger partial charge is 0.356 e. The molecule has 1 aliphatic heterocycles. The van der Waals surface area contributed by atoms with Gasteiger partial charge in [0.1, 0.15) is 6.61 Å². The predicted molar refractivity (Wildman–Crippen MR) is 79.6 cm³/mol. The summed E-state index contributed by atoms with van der Waals surface area (Å²) in [7, 11) is 1.70. The fourth-order valence-electron chi connectivity index (χ4n) is 2.37. The molecule has 0 radical (unpaired) electrons. The van der Waals surface area contributed by atoms with E-state index in [9.17, 15) is 9.59 Å². The van der Waals surface area contributed by atoms with E-state index >= 15 is 0 Å². The molecule has 2 rings (SSSR count). The SMILES string of the molecule is C=CCNC(=O)[C@H]1OCC(=O)N(C)[C@H]1c1ccc(C)cc1. The number of rotatable bonds is 4. The van der Waals surface area contributed by atoms with Crippen LogP contribution in [0, 0.1) is 6.92 Å². The Balaban J connectivity index is 2.28. The second-order valence-electron chi connectivity index (χ2n) is 5.13. The van der Waals surface area contributed by atoms with E-state index in [-0.39, 0.29) is 18.4 Å². The number of aryl methyl sites for hydroxylation is 1. The van der Waals surface area contributed by atoms with Crippen LogP contribution in [0.15, 0.2) is 36.9 Å². The van der Waals surface area contributed by atoms with E-state index in [0.717, 1.165) is 11.1 Å². The van der Waals surface area contributed by atoms with E-state index in [1.807, 2.05) is 31.2 Å². The summed E-state index contributed by atoms with van der Waals surface area (Å²) >= 11 is 0. The van der Waals surface area contributed by atoms with Crippen LogP contribution in [0.25, 0.3) is 0 Å². The van der Waals surface area contributed by atoms with Gasteiger partial charge < -0.3 is 15.0 Å². The summed E-state index contributed by atoms with van der Waals surface area (Å²) in [6.07, 6.45) is 0.895. The van der Waals surface area contributed by atoms with Gasteiger partial charge in [-0.3, -0.25) is 9.59 Å². The number of amides is 2. The second-order valence-corrected chi connectivity index (χ2v) is 5.13. The minimum absolute atomic E-state index is 0.0783. The van der Waals surface area contributed by atoms with Crippen LogP contribution in [0.1, 0.15) is 17.2 Å². The average molecular weight is 288 g/mol. The van der Waals surface area contributed by atoms with Gasteiger partial charge in [0.25, 0.3) is 5.91 Å². The quantitative estimate of drug-likeness (QED) is 0.847. The highest BCUT2D eigenvalue weighted by Gasteiger charge is 2.39. The van der Waals surface area contributed by atoms with Gasteiger partial charge in [-0.25, -0.2) is 0 Å². The smallest absolute Gasteiger partial charge is 0.251 e. The van der Waals surface area contributed by atoms with Gasteiger partial charge in [0, 0.05) is 13.6 Å². The molecule has 1 aromatic rings. The predicted octanol–water partition coefficient (Wildman–Crippen LogP) is 1.20. The summed E-state index contributed by atoms with van der Waals surface area (Å²) in [4.78, 5) is 25.7. The summed E-state index contributed by atoms with van der Waals surface area (Å²) in [5.41, 5.74) is 2.01. The van der Waals surface area contributed by atoms with Crippen molar-refractivity contribution in [2.24, 2.45) is 0 Å². The van der Waals surface area contributed by atoms with Gasteiger partial charge in [-0.15, -0.1) is 6.58 Å². The van der Waals surface area contributed by atoms with Gasteiger partial charge in [0.2, 0.25) is 5.91 Å². The molecule has 1 N–H and O–H groups in total. The number of nitrogens with zero attached hydrogens (tertiary/aromatic N) is 1. The number of likely N-dealkylation sites (N-methyl/N-ethyl adjacent to an activating group) is 1. The summed E-state index contributed by atoms with van der Waals surface area (Å²) in [6.45, 7) is 5.86. The molecular formula is C16H20N2O3. The first kappa shape index (κ1) is 15.3. The maximum Gasteiger partial charge on any atom is 0.251 e. The van der Waals surface area contributed by atoms with Crippen molar-refractivity contribution in [2.75, 3.05) is 20.2 Å². The lowest BCUT2D eigenvalue weighted by molar-refractivity contribution is -0.162. The van der Waals surface area contributed by atoms with Crippen molar-refractivity contribution in [1.29, 1.82) is 0 Å². The van der Waals surface area contributed by atoms with Gasteiger partial charge in [-0.05, 0) is 12.5 Å². The van der Waals surface area contributed by atoms with Crippen LogP contribution in [0.2, 0.25) is 0 Å². The van der Waals surface area contributed by atoms with Crippen molar-refractivity contribution in [3.8, 4) is 0 Å². The molecule has 0 aliphatic carbocycles. The minimum atomic E-state index is -0.713. The van der Waals surface area contributed by atoms with Crippen molar-refractivity contribution >= 4 is 11.8 Å². The Morgan fingerprint density at radius 3 is 2.76 bits per heavy atom. The Labute approximate surface area is 124 Å². The molecule has 112 valence electrons. The summed E-state index contributed by atoms with van der Waals surface area (Å²) in [5, 5.41) is 2.73. The van der Waals surface area contributed by atoms with Gasteiger partial charge >= 0.3 is 0 Å². The third-order valence-electron chi connectivity index (χ3n) is 3.58. The van der Waals surface area contributed by atoms with Crippen LogP contribution < -0.4 is 5.32 Å². The zero-order valence-corrected chi connectivity index (χ0v) is 12.3. The highest BCUT2D eigenvalue weighted by Crippen LogP contribution is 2.29. The first-order chi connectivity index (χ1) is 10.0. The summed E-state index contributed by atoms with van der Waals surface area (Å²) in [6, 6.07) is 7.34. The van der Waals surface area contributed by atoms with Gasteiger partial charge in [0.05, 0.1) is 6.04 Å². The van der Waals surface area contributed by atoms with E-state index in [2.05, 4.69) is 11.9 Å². The molecule has 0 bridgehead atoms. The molecular weight excluding hydrogens is 268 g/mol. The van der Waals surface area contributed by atoms with E-state index < -0.39 is 12.1 Å². The van der Waals surface area contributed by atoms with Crippen molar-refractivity contribution in [2.45, 2.75) is 19.1 Å². The molecule has 2 atom stereocenters. The Morgan fingerprint density at radius 2 is 2.14 bits per heavy atom. The number of carbonyl (C=O) groups excluding carboxylic acids is 2. The van der Waals surface area contributed by atoms with Crippen LogP contribution in [0.5, 0.6) is 0 Å². The zero-order valence-electron chi connectivity index (χ0n) is 12.3. The summed E-state index contributed by atoms with van der Waals surface area (Å²) in [5.74, 6) is -0.367. The third-order valence-corrected chi connectivity index (χ3v) is 3.58. The number of hydrogen-bond donors (Lipinski definition) is 1. The van der Waals surface area contributed by atoms with Gasteiger partial charge in [0.15, 0.2) is 6.10 Å². The normalized spacial score (nSPS) is 22.0. The number of morpholine rings is 1. The number of hydrogen-bond acceptors (Lipinski definition) is 3. The molecule has 0 unspecified atom stereocenters. The Kier molecular flexibility index (Phi) is 4.75. The lowest BCUT2D eigenvalue weighted by atomic mass is 9.97. The standard InChI is InChI=1S/C16H20N2O3/c1-4-9-17-16(20)15-14(18(3)13(19)10-21-15)12-7-5-11(2)6-8-12/h4-8,14-15H,1,9-10H2,2-3H3,(H,17,20)/t14-,15-/m0/s1. The first-order valence-corrected chi connectivity index (χ1v) is 6.87. The molecule has 0 aromatic heterocycles. The van der Waals surface area contributed by atoms with Crippen LogP contribution >= 0.6 is 0 Å². The molecule has 1 fully saturated rings. The summed E-state index contributed by atoms with van der Waals surface area (Å²) < 4.78 is 5.48. The van der Waals surface area contributed by atoms with Crippen LogP contribution in [0.3, 0.4) is 0 Å². The third kappa shape index (κ3) is 3.31. The van der Waals surface area contributed by atoms with Crippen molar-refractivity contribution in [1.82, 2.24) is 10.2 Å². The molecule has 0 saturated carbocycles. The topological polar surface area (TPSA) is 58.6 Å². The highest BCUT2D eigenvalue weighted by atomic mass is 16.5. The molecule has 5 heteroatoms. The average Bonchev–Trinajstić information content (AvgIpc) is 2.48. The minimum Gasteiger partial charge on any atom is -0.356 e. The Morgan fingerprint density at radius 1 is 1.48 bits per heavy atom. The van der Waals surface area contributed by atoms with Crippen LogP contribution in [0.4, 0.5) is 0 Å². The molecule has 1 heterocycles. The number of benzene rings is 1. The molecule has 1 aliphatic rings. The maximum absolute atomic E-state index is 12.2. The Hall–Kier alpha value is -2.14. The monoisotopic (exact) mass is 288 g/mol. The Bertz CT molecular complexity index is 539. The number of carbonyl (C=O) groups is 2. The number of ether oxygens (including phenoxy) is 1. The molecule has 1 aromatic carbocycles. The van der Waals surface area contributed by atoms with Gasteiger partial charge in [-0.2, -0.15) is 0 Å². The lowest BCUT2D eigenvalue weighted by Crippen LogP contribution is -2.53. The van der Waals surface area contributed by atoms with Crippen molar-refractivity contribution in [3.05, 3.63) is 48.0 Å². The lowest BCUT2D eigenvalue weighted by Gasteiger charge is -2.38. The first-order valence-electron chi connectivity index (χ1n) is 6.87. The fraction of sp³-hybridized carbons (Fsp3) is 0.375. The highest BCUT2D eigenvalue weighted by molar-refractivity contribution is 5.86. The van der Waals surface area contributed by atoms with Crippen LogP contribution in [-0.4, -0.2) is 43.0 Å². The van der Waals surface area contributed by atoms with Crippen molar-refractivity contribution in [3.63, 3.8) is 0 Å². The molecule has 21 heavy (non-hydrogen) atoms. The van der Waals surface area contributed by atoms with Crippen LogP contribution in [-0.2, 0) is 14.3 Å². The van der Waals surface area contributed by atoms with E-state index in [0.29, 0.717) is 6.54 Å². The van der Waals surface area contributed by atoms with Crippen molar-refractivity contribution < 1.29 is 14.3 Å². The van der Waals surface area contributed by atoms with E-state index in [1.54, 1.807) is 18.0 Å². The van der Waals surface area contributed by atoms with E-state index in [1.165, 1.54) is 0 Å². The number of nitrogens with one attached hydrogen (secondary N) is 1. The van der Waals surface area contributed by atoms with E-state index in [4.69, 9.17) is 4.74 Å². The molecule has 5 nitrogen and oxygen atoms in total.